The molecule has 0 aliphatic rings. The van der Waals surface area contributed by atoms with E-state index in [0.29, 0.717) is 24.3 Å². The molecule has 0 atom stereocenters. The van der Waals surface area contributed by atoms with Crippen LogP contribution in [0, 0.1) is 5.82 Å². The van der Waals surface area contributed by atoms with Crippen LogP contribution in [0.3, 0.4) is 0 Å². The van der Waals surface area contributed by atoms with E-state index in [0.717, 1.165) is 0 Å². The number of amides is 1. The Morgan fingerprint density at radius 2 is 2.21 bits per heavy atom. The Kier molecular flexibility index (Phi) is 5.75. The third kappa shape index (κ3) is 3.65. The minimum atomic E-state index is -0.512. The van der Waals surface area contributed by atoms with Gasteiger partial charge in [-0.25, -0.2) is 4.39 Å². The maximum absolute atomic E-state index is 13.6. The van der Waals surface area contributed by atoms with Crippen molar-refractivity contribution in [2.45, 2.75) is 6.42 Å². The van der Waals surface area contributed by atoms with Crippen LogP contribution in [0.2, 0.25) is 0 Å². The summed E-state index contributed by atoms with van der Waals surface area (Å²) in [5.74, 6) is -0.274. The SMILES string of the molecule is COc1cc(-c2onc(N(C)C)c2C(=O)NCCCO)ccc1F. The summed E-state index contributed by atoms with van der Waals surface area (Å²) >= 11 is 0. The average molecular weight is 337 g/mol. The van der Waals surface area contributed by atoms with Gasteiger partial charge >= 0.3 is 0 Å². The third-order valence-electron chi connectivity index (χ3n) is 3.36. The molecule has 130 valence electrons. The van der Waals surface area contributed by atoms with Crippen molar-refractivity contribution in [3.63, 3.8) is 0 Å². The van der Waals surface area contributed by atoms with E-state index in [4.69, 9.17) is 14.4 Å². The molecule has 0 saturated carbocycles. The van der Waals surface area contributed by atoms with Gasteiger partial charge in [-0.1, -0.05) is 5.16 Å². The van der Waals surface area contributed by atoms with E-state index >= 15 is 0 Å². The lowest BCUT2D eigenvalue weighted by molar-refractivity contribution is 0.0952. The minimum Gasteiger partial charge on any atom is -0.494 e. The van der Waals surface area contributed by atoms with E-state index in [-0.39, 0.29) is 29.6 Å². The number of nitrogens with zero attached hydrogens (tertiary/aromatic N) is 2. The van der Waals surface area contributed by atoms with Crippen molar-refractivity contribution >= 4 is 11.7 Å². The highest BCUT2D eigenvalue weighted by Gasteiger charge is 2.25. The smallest absolute Gasteiger partial charge is 0.259 e. The molecule has 2 aromatic rings. The first-order valence-electron chi connectivity index (χ1n) is 7.39. The van der Waals surface area contributed by atoms with Gasteiger partial charge in [-0.15, -0.1) is 0 Å². The van der Waals surface area contributed by atoms with Gasteiger partial charge in [-0.3, -0.25) is 4.79 Å². The van der Waals surface area contributed by atoms with Crippen molar-refractivity contribution in [1.82, 2.24) is 10.5 Å². The van der Waals surface area contributed by atoms with Crippen molar-refractivity contribution in [2.24, 2.45) is 0 Å². The van der Waals surface area contributed by atoms with Crippen LogP contribution in [0.5, 0.6) is 5.75 Å². The molecule has 1 amide bonds. The lowest BCUT2D eigenvalue weighted by atomic mass is 10.1. The van der Waals surface area contributed by atoms with Gasteiger partial charge in [0, 0.05) is 32.8 Å². The summed E-state index contributed by atoms with van der Waals surface area (Å²) in [5.41, 5.74) is 0.716. The molecule has 1 heterocycles. The predicted octanol–water partition coefficient (Wildman–Crippen LogP) is 1.67. The summed E-state index contributed by atoms with van der Waals surface area (Å²) < 4.78 is 23.9. The molecule has 0 radical (unpaired) electrons. The zero-order chi connectivity index (χ0) is 17.7. The Labute approximate surface area is 139 Å². The predicted molar refractivity (Wildman–Crippen MR) is 86.8 cm³/mol. The van der Waals surface area contributed by atoms with Crippen LogP contribution in [0.15, 0.2) is 22.7 Å². The van der Waals surface area contributed by atoms with Gasteiger partial charge in [-0.05, 0) is 24.6 Å². The molecular formula is C16H20FN3O4. The summed E-state index contributed by atoms with van der Waals surface area (Å²) in [7, 11) is 4.82. The highest BCUT2D eigenvalue weighted by Crippen LogP contribution is 2.33. The standard InChI is InChI=1S/C16H20FN3O4/c1-20(2)15-13(16(22)18-7-4-8-21)14(24-19-15)10-5-6-11(17)12(9-10)23-3/h5-6,9,21H,4,7-8H2,1-3H3,(H,18,22). The molecule has 1 aromatic carbocycles. The molecule has 0 aliphatic carbocycles. The first-order chi connectivity index (χ1) is 11.5. The Morgan fingerprint density at radius 1 is 1.46 bits per heavy atom. The third-order valence-corrected chi connectivity index (χ3v) is 3.36. The van der Waals surface area contributed by atoms with Gasteiger partial charge in [0.1, 0.15) is 5.56 Å². The normalized spacial score (nSPS) is 10.5. The van der Waals surface area contributed by atoms with Crippen molar-refractivity contribution in [3.8, 4) is 17.1 Å². The van der Waals surface area contributed by atoms with Crippen molar-refractivity contribution in [1.29, 1.82) is 0 Å². The summed E-state index contributed by atoms with van der Waals surface area (Å²) in [6.45, 7) is 0.298. The monoisotopic (exact) mass is 337 g/mol. The second-order valence-corrected chi connectivity index (χ2v) is 5.29. The van der Waals surface area contributed by atoms with Gasteiger partial charge in [-0.2, -0.15) is 0 Å². The van der Waals surface area contributed by atoms with Crippen molar-refractivity contribution in [3.05, 3.63) is 29.6 Å². The van der Waals surface area contributed by atoms with E-state index in [2.05, 4.69) is 10.5 Å². The molecule has 2 rings (SSSR count). The lowest BCUT2D eigenvalue weighted by Crippen LogP contribution is -2.27. The highest BCUT2D eigenvalue weighted by molar-refractivity contribution is 6.04. The van der Waals surface area contributed by atoms with Gasteiger partial charge < -0.3 is 24.6 Å². The van der Waals surface area contributed by atoms with E-state index in [1.165, 1.54) is 25.3 Å². The number of benzene rings is 1. The van der Waals surface area contributed by atoms with Crippen LogP contribution in [0.4, 0.5) is 10.2 Å². The van der Waals surface area contributed by atoms with Gasteiger partial charge in [0.2, 0.25) is 0 Å². The second kappa shape index (κ2) is 7.78. The number of halogens is 1. The number of aromatic nitrogens is 1. The average Bonchev–Trinajstić information content (AvgIpc) is 3.00. The molecule has 0 unspecified atom stereocenters. The van der Waals surface area contributed by atoms with Crippen LogP contribution in [-0.2, 0) is 0 Å². The number of aliphatic hydroxyl groups excluding tert-OH is 1. The van der Waals surface area contributed by atoms with E-state index in [1.54, 1.807) is 19.0 Å². The van der Waals surface area contributed by atoms with E-state index in [1.807, 2.05) is 0 Å². The Bertz CT molecular complexity index is 715. The molecule has 24 heavy (non-hydrogen) atoms. The molecule has 1 aromatic heterocycles. The first-order valence-corrected chi connectivity index (χ1v) is 7.39. The molecule has 2 N–H and O–H groups in total. The summed E-state index contributed by atoms with van der Waals surface area (Å²) in [6, 6.07) is 4.17. The summed E-state index contributed by atoms with van der Waals surface area (Å²) in [6.07, 6.45) is 0.439. The molecule has 8 heteroatoms. The number of methoxy groups -OCH3 is 1. The molecule has 0 bridgehead atoms. The second-order valence-electron chi connectivity index (χ2n) is 5.29. The minimum absolute atomic E-state index is 0.0214. The van der Waals surface area contributed by atoms with Crippen LogP contribution in [0.25, 0.3) is 11.3 Å². The zero-order valence-corrected chi connectivity index (χ0v) is 13.8. The van der Waals surface area contributed by atoms with Gasteiger partial charge in [0.15, 0.2) is 23.1 Å². The molecule has 0 aliphatic heterocycles. The zero-order valence-electron chi connectivity index (χ0n) is 13.8. The number of nitrogens with one attached hydrogen (secondary N) is 1. The van der Waals surface area contributed by atoms with Crippen molar-refractivity contribution in [2.75, 3.05) is 39.3 Å². The number of rotatable bonds is 7. The fourth-order valence-corrected chi connectivity index (χ4v) is 2.16. The van der Waals surface area contributed by atoms with Gasteiger partial charge in [0.25, 0.3) is 5.91 Å². The number of anilines is 1. The molecule has 0 spiro atoms. The maximum Gasteiger partial charge on any atom is 0.259 e. The molecular weight excluding hydrogens is 317 g/mol. The maximum atomic E-state index is 13.6. The Balaban J connectivity index is 2.45. The number of ether oxygens (including phenoxy) is 1. The Morgan fingerprint density at radius 3 is 2.83 bits per heavy atom. The van der Waals surface area contributed by atoms with E-state index < -0.39 is 5.82 Å². The molecule has 0 fully saturated rings. The van der Waals surface area contributed by atoms with Gasteiger partial charge in [0.05, 0.1) is 7.11 Å². The lowest BCUT2D eigenvalue weighted by Gasteiger charge is -2.11. The quantitative estimate of drug-likeness (QED) is 0.747. The van der Waals surface area contributed by atoms with Crippen LogP contribution in [-0.4, -0.2) is 50.5 Å². The topological polar surface area (TPSA) is 87.8 Å². The van der Waals surface area contributed by atoms with Crippen LogP contribution in [0.1, 0.15) is 16.8 Å². The van der Waals surface area contributed by atoms with Crippen molar-refractivity contribution < 1.29 is 23.6 Å². The number of carbonyl (C=O) groups excluding carboxylic acids is 1. The van der Waals surface area contributed by atoms with E-state index in [9.17, 15) is 9.18 Å². The fourth-order valence-electron chi connectivity index (χ4n) is 2.16. The molecule has 0 saturated heterocycles. The summed E-state index contributed by atoms with van der Waals surface area (Å²) in [4.78, 5) is 14.1. The highest BCUT2D eigenvalue weighted by atomic mass is 19.1. The fraction of sp³-hybridized carbons (Fsp3) is 0.375. The first kappa shape index (κ1) is 17.7. The molecule has 7 nitrogen and oxygen atoms in total. The Hall–Kier alpha value is -2.61. The summed E-state index contributed by atoms with van der Waals surface area (Å²) in [5, 5.41) is 15.5. The number of hydrogen-bond acceptors (Lipinski definition) is 6. The van der Waals surface area contributed by atoms with Crippen LogP contribution < -0.4 is 15.0 Å². The number of aliphatic hydroxyl groups is 1. The number of hydrogen-bond donors (Lipinski definition) is 2. The number of carbonyl (C=O) groups is 1. The largest absolute Gasteiger partial charge is 0.494 e. The van der Waals surface area contributed by atoms with Crippen LogP contribution >= 0.6 is 0 Å².